The smallest absolute Gasteiger partial charge is 0.171 e. The van der Waals surface area contributed by atoms with Crippen LogP contribution in [0, 0.1) is 0 Å². The molecule has 0 rings (SSSR count). The highest BCUT2D eigenvalue weighted by Crippen LogP contribution is 2.08. The van der Waals surface area contributed by atoms with Gasteiger partial charge in [-0.05, 0) is 6.42 Å². The lowest BCUT2D eigenvalue weighted by molar-refractivity contribution is -0.117. The predicted octanol–water partition coefficient (Wildman–Crippen LogP) is 1.90. The van der Waals surface area contributed by atoms with Crippen LogP contribution in [0.1, 0.15) is 39.0 Å². The van der Waals surface area contributed by atoms with Crippen LogP contribution in [-0.4, -0.2) is 26.6 Å². The molecule has 1 unspecified atom stereocenters. The van der Waals surface area contributed by atoms with E-state index in [0.29, 0.717) is 0 Å². The molecule has 3 heteroatoms. The van der Waals surface area contributed by atoms with E-state index in [9.17, 15) is 0 Å². The van der Waals surface area contributed by atoms with Crippen LogP contribution in [0.5, 0.6) is 0 Å². The molecule has 80 valence electrons. The van der Waals surface area contributed by atoms with E-state index in [1.165, 1.54) is 19.3 Å². The van der Waals surface area contributed by atoms with Crippen molar-refractivity contribution in [3.8, 4) is 0 Å². The third-order valence-corrected chi connectivity index (χ3v) is 2.21. The van der Waals surface area contributed by atoms with Gasteiger partial charge in [0.2, 0.25) is 0 Å². The van der Waals surface area contributed by atoms with Crippen molar-refractivity contribution in [3.63, 3.8) is 0 Å². The number of nitrogens with two attached hydrogens (primary N) is 1. The summed E-state index contributed by atoms with van der Waals surface area (Å²) in [6.07, 6.45) is 5.70. The van der Waals surface area contributed by atoms with Crippen molar-refractivity contribution in [2.45, 2.75) is 51.4 Å². The molecule has 0 bridgehead atoms. The molecule has 0 saturated carbocycles. The van der Waals surface area contributed by atoms with Gasteiger partial charge in [0, 0.05) is 14.2 Å². The number of rotatable bonds is 8. The molecule has 1 atom stereocenters. The Hall–Kier alpha value is -0.120. The fourth-order valence-electron chi connectivity index (χ4n) is 1.39. The molecular formula is C10H23NO2. The highest BCUT2D eigenvalue weighted by Gasteiger charge is 2.14. The monoisotopic (exact) mass is 189 g/mol. The van der Waals surface area contributed by atoms with Crippen molar-refractivity contribution < 1.29 is 9.47 Å². The summed E-state index contributed by atoms with van der Waals surface area (Å²) in [5.41, 5.74) is 5.87. The number of hydrogen-bond acceptors (Lipinski definition) is 3. The van der Waals surface area contributed by atoms with Crippen LogP contribution in [0.3, 0.4) is 0 Å². The molecule has 0 fully saturated rings. The summed E-state index contributed by atoms with van der Waals surface area (Å²) in [6.45, 7) is 2.20. The second-order valence-corrected chi connectivity index (χ2v) is 3.35. The summed E-state index contributed by atoms with van der Waals surface area (Å²) in [4.78, 5) is 0. The van der Waals surface area contributed by atoms with Gasteiger partial charge in [-0.1, -0.05) is 32.6 Å². The molecule has 0 aliphatic rings. The Kier molecular flexibility index (Phi) is 8.40. The lowest BCUT2D eigenvalue weighted by Gasteiger charge is -2.20. The van der Waals surface area contributed by atoms with E-state index in [4.69, 9.17) is 15.2 Å². The fourth-order valence-corrected chi connectivity index (χ4v) is 1.39. The van der Waals surface area contributed by atoms with E-state index < -0.39 is 0 Å². The van der Waals surface area contributed by atoms with E-state index in [-0.39, 0.29) is 12.3 Å². The van der Waals surface area contributed by atoms with Crippen molar-refractivity contribution in [1.29, 1.82) is 0 Å². The summed E-state index contributed by atoms with van der Waals surface area (Å²) in [5.74, 6) is 0. The van der Waals surface area contributed by atoms with Crippen LogP contribution in [-0.2, 0) is 9.47 Å². The molecule has 3 nitrogen and oxygen atoms in total. The highest BCUT2D eigenvalue weighted by molar-refractivity contribution is 4.65. The topological polar surface area (TPSA) is 44.5 Å². The second kappa shape index (κ2) is 8.48. The maximum atomic E-state index is 5.87. The first-order valence-electron chi connectivity index (χ1n) is 5.07. The lowest BCUT2D eigenvalue weighted by atomic mass is 10.1. The number of ether oxygens (including phenoxy) is 2. The van der Waals surface area contributed by atoms with Gasteiger partial charge >= 0.3 is 0 Å². The Morgan fingerprint density at radius 3 is 2.15 bits per heavy atom. The van der Waals surface area contributed by atoms with Gasteiger partial charge in [-0.25, -0.2) is 0 Å². The molecule has 2 N–H and O–H groups in total. The summed E-state index contributed by atoms with van der Waals surface area (Å²) in [5, 5.41) is 0. The van der Waals surface area contributed by atoms with Gasteiger partial charge < -0.3 is 15.2 Å². The zero-order chi connectivity index (χ0) is 10.1. The molecule has 0 amide bonds. The highest BCUT2D eigenvalue weighted by atomic mass is 16.7. The Morgan fingerprint density at radius 2 is 1.69 bits per heavy atom. The summed E-state index contributed by atoms with van der Waals surface area (Å²) in [6, 6.07) is 0.00635. The SMILES string of the molecule is CCCCCCC(N)C(OC)OC. The molecule has 0 radical (unpaired) electrons. The molecule has 0 aliphatic carbocycles. The third kappa shape index (κ3) is 6.02. The number of hydrogen-bond donors (Lipinski definition) is 1. The summed E-state index contributed by atoms with van der Waals surface area (Å²) >= 11 is 0. The maximum absolute atomic E-state index is 5.87. The Labute approximate surface area is 81.6 Å². The Balaban J connectivity index is 3.42. The minimum atomic E-state index is -0.248. The number of methoxy groups -OCH3 is 2. The van der Waals surface area contributed by atoms with Crippen molar-refractivity contribution in [1.82, 2.24) is 0 Å². The van der Waals surface area contributed by atoms with Gasteiger partial charge in [0.25, 0.3) is 0 Å². The third-order valence-electron chi connectivity index (χ3n) is 2.21. The maximum Gasteiger partial charge on any atom is 0.171 e. The van der Waals surface area contributed by atoms with Crippen LogP contribution >= 0.6 is 0 Å². The molecule has 0 spiro atoms. The van der Waals surface area contributed by atoms with Gasteiger partial charge in [0.05, 0.1) is 6.04 Å². The van der Waals surface area contributed by atoms with Gasteiger partial charge in [0.1, 0.15) is 0 Å². The van der Waals surface area contributed by atoms with E-state index in [0.717, 1.165) is 12.8 Å². The van der Waals surface area contributed by atoms with E-state index >= 15 is 0 Å². The van der Waals surface area contributed by atoms with Crippen molar-refractivity contribution >= 4 is 0 Å². The van der Waals surface area contributed by atoms with Gasteiger partial charge in [-0.15, -0.1) is 0 Å². The predicted molar refractivity (Wildman–Crippen MR) is 54.5 cm³/mol. The van der Waals surface area contributed by atoms with Crippen molar-refractivity contribution in [2.75, 3.05) is 14.2 Å². The largest absolute Gasteiger partial charge is 0.354 e. The lowest BCUT2D eigenvalue weighted by Crippen LogP contribution is -2.37. The molecule has 0 aromatic rings. The zero-order valence-electron chi connectivity index (χ0n) is 9.08. The van der Waals surface area contributed by atoms with E-state index in [2.05, 4.69) is 6.92 Å². The molecule has 0 aromatic heterocycles. The molecule has 0 heterocycles. The van der Waals surface area contributed by atoms with Gasteiger partial charge in [-0.2, -0.15) is 0 Å². The molecule has 0 saturated heterocycles. The Bertz CT molecular complexity index is 105. The van der Waals surface area contributed by atoms with Crippen LogP contribution in [0.4, 0.5) is 0 Å². The minimum Gasteiger partial charge on any atom is -0.354 e. The van der Waals surface area contributed by atoms with Crippen LogP contribution in [0.2, 0.25) is 0 Å². The minimum absolute atomic E-state index is 0.00635. The van der Waals surface area contributed by atoms with E-state index in [1.807, 2.05) is 0 Å². The first kappa shape index (κ1) is 12.9. The molecule has 0 aliphatic heterocycles. The zero-order valence-corrected chi connectivity index (χ0v) is 9.08. The second-order valence-electron chi connectivity index (χ2n) is 3.35. The van der Waals surface area contributed by atoms with Gasteiger partial charge in [0.15, 0.2) is 6.29 Å². The molecule has 0 aromatic carbocycles. The average molecular weight is 189 g/mol. The van der Waals surface area contributed by atoms with Crippen molar-refractivity contribution in [3.05, 3.63) is 0 Å². The van der Waals surface area contributed by atoms with Gasteiger partial charge in [-0.3, -0.25) is 0 Å². The molecule has 13 heavy (non-hydrogen) atoms. The standard InChI is InChI=1S/C10H23NO2/c1-4-5-6-7-8-9(11)10(12-2)13-3/h9-10H,4-8,11H2,1-3H3. The summed E-state index contributed by atoms with van der Waals surface area (Å²) in [7, 11) is 3.25. The number of unbranched alkanes of at least 4 members (excludes halogenated alkanes) is 3. The molecular weight excluding hydrogens is 166 g/mol. The van der Waals surface area contributed by atoms with Crippen LogP contribution in [0.15, 0.2) is 0 Å². The Morgan fingerprint density at radius 1 is 1.08 bits per heavy atom. The average Bonchev–Trinajstić information content (AvgIpc) is 2.14. The first-order valence-corrected chi connectivity index (χ1v) is 5.07. The summed E-state index contributed by atoms with van der Waals surface area (Å²) < 4.78 is 10.1. The quantitative estimate of drug-likeness (QED) is 0.468. The fraction of sp³-hybridized carbons (Fsp3) is 1.00. The normalized spacial score (nSPS) is 13.6. The van der Waals surface area contributed by atoms with Crippen LogP contribution in [0.25, 0.3) is 0 Å². The van der Waals surface area contributed by atoms with Crippen LogP contribution < -0.4 is 5.73 Å². The van der Waals surface area contributed by atoms with Crippen molar-refractivity contribution in [2.24, 2.45) is 5.73 Å². The first-order chi connectivity index (χ1) is 6.26. The van der Waals surface area contributed by atoms with E-state index in [1.54, 1.807) is 14.2 Å².